The minimum absolute atomic E-state index is 0.154. The summed E-state index contributed by atoms with van der Waals surface area (Å²) in [6, 6.07) is 11.0. The molecule has 1 aromatic heterocycles. The first-order valence-corrected chi connectivity index (χ1v) is 10.1. The number of ether oxygens (including phenoxy) is 1. The quantitative estimate of drug-likeness (QED) is 0.676. The van der Waals surface area contributed by atoms with Crippen LogP contribution in [0.1, 0.15) is 37.8 Å². The van der Waals surface area contributed by atoms with Crippen LogP contribution < -0.4 is 0 Å². The van der Waals surface area contributed by atoms with Crippen molar-refractivity contribution in [3.05, 3.63) is 65.7 Å². The zero-order chi connectivity index (χ0) is 20.0. The number of carbonyl (C=O) groups excluding carboxylic acids is 1. The molecule has 0 N–H and O–H groups in total. The van der Waals surface area contributed by atoms with Crippen LogP contribution in [0.4, 0.5) is 4.39 Å². The molecule has 0 unspecified atom stereocenters. The predicted octanol–water partition coefficient (Wildman–Crippen LogP) is 4.04. The van der Waals surface area contributed by atoms with Gasteiger partial charge in [0, 0.05) is 18.4 Å². The summed E-state index contributed by atoms with van der Waals surface area (Å²) in [6.45, 7) is 6.08. The summed E-state index contributed by atoms with van der Waals surface area (Å²) >= 11 is 0. The van der Waals surface area contributed by atoms with Gasteiger partial charge in [-0.3, -0.25) is 9.78 Å². The van der Waals surface area contributed by atoms with Gasteiger partial charge in [-0.1, -0.05) is 18.2 Å². The molecule has 1 atom stereocenters. The third kappa shape index (κ3) is 4.96. The number of esters is 1. The first-order chi connectivity index (χ1) is 13.5. The van der Waals surface area contributed by atoms with Gasteiger partial charge in [0.05, 0.1) is 12.0 Å². The zero-order valence-electron chi connectivity index (χ0n) is 16.7. The van der Waals surface area contributed by atoms with Crippen LogP contribution in [0.5, 0.6) is 0 Å². The first-order valence-electron chi connectivity index (χ1n) is 10.1. The Hall–Kier alpha value is -2.27. The van der Waals surface area contributed by atoms with E-state index < -0.39 is 5.41 Å². The Morgan fingerprint density at radius 3 is 2.64 bits per heavy atom. The number of aromatic nitrogens is 1. The molecular formula is C23H29FN2O2. The molecule has 0 spiro atoms. The van der Waals surface area contributed by atoms with Crippen molar-refractivity contribution in [2.75, 3.05) is 19.7 Å². The van der Waals surface area contributed by atoms with Crippen molar-refractivity contribution in [1.82, 2.24) is 9.88 Å². The SMILES string of the molecule is CCOC(=O)C1(Cc2cccc(F)c2)CCN([C@@H](C)Cc2cccnc2)CC1. The van der Waals surface area contributed by atoms with Crippen molar-refractivity contribution in [2.45, 2.75) is 45.6 Å². The second-order valence-corrected chi connectivity index (χ2v) is 7.76. The highest BCUT2D eigenvalue weighted by Crippen LogP contribution is 2.37. The van der Waals surface area contributed by atoms with Crippen LogP contribution in [0.25, 0.3) is 0 Å². The molecule has 3 rings (SSSR count). The minimum Gasteiger partial charge on any atom is -0.466 e. The van der Waals surface area contributed by atoms with Crippen molar-refractivity contribution in [1.29, 1.82) is 0 Å². The van der Waals surface area contributed by atoms with Crippen LogP contribution in [0.3, 0.4) is 0 Å². The molecule has 1 aromatic carbocycles. The van der Waals surface area contributed by atoms with E-state index in [9.17, 15) is 9.18 Å². The molecule has 0 radical (unpaired) electrons. The lowest BCUT2D eigenvalue weighted by Gasteiger charge is -2.42. The van der Waals surface area contributed by atoms with E-state index in [1.807, 2.05) is 25.3 Å². The molecule has 0 saturated carbocycles. The maximum absolute atomic E-state index is 13.6. The molecule has 2 aromatic rings. The highest BCUT2D eigenvalue weighted by molar-refractivity contribution is 5.77. The summed E-state index contributed by atoms with van der Waals surface area (Å²) < 4.78 is 19.1. The molecule has 0 aliphatic carbocycles. The summed E-state index contributed by atoms with van der Waals surface area (Å²) in [4.78, 5) is 19.5. The molecule has 150 valence electrons. The smallest absolute Gasteiger partial charge is 0.312 e. The molecule has 0 amide bonds. The van der Waals surface area contributed by atoms with Gasteiger partial charge in [0.25, 0.3) is 0 Å². The maximum atomic E-state index is 13.6. The van der Waals surface area contributed by atoms with Gasteiger partial charge in [-0.05, 0) is 81.9 Å². The molecule has 5 heteroatoms. The van der Waals surface area contributed by atoms with Crippen LogP contribution in [0, 0.1) is 11.2 Å². The fourth-order valence-corrected chi connectivity index (χ4v) is 4.16. The molecular weight excluding hydrogens is 355 g/mol. The maximum Gasteiger partial charge on any atom is 0.312 e. The Labute approximate surface area is 166 Å². The summed E-state index contributed by atoms with van der Waals surface area (Å²) in [5.41, 5.74) is 1.50. The van der Waals surface area contributed by atoms with Gasteiger partial charge >= 0.3 is 5.97 Å². The van der Waals surface area contributed by atoms with Gasteiger partial charge in [-0.15, -0.1) is 0 Å². The molecule has 1 aliphatic heterocycles. The average Bonchev–Trinajstić information content (AvgIpc) is 2.69. The molecule has 1 aliphatic rings. The van der Waals surface area contributed by atoms with E-state index in [1.165, 1.54) is 17.7 Å². The van der Waals surface area contributed by atoms with Gasteiger partial charge in [0.15, 0.2) is 0 Å². The second-order valence-electron chi connectivity index (χ2n) is 7.76. The zero-order valence-corrected chi connectivity index (χ0v) is 16.7. The molecule has 0 bridgehead atoms. The molecule has 4 nitrogen and oxygen atoms in total. The lowest BCUT2D eigenvalue weighted by molar-refractivity contribution is -0.159. The number of piperidine rings is 1. The van der Waals surface area contributed by atoms with Gasteiger partial charge in [0.2, 0.25) is 0 Å². The van der Waals surface area contributed by atoms with Crippen LogP contribution in [-0.4, -0.2) is 41.6 Å². The molecule has 28 heavy (non-hydrogen) atoms. The standard InChI is InChI=1S/C23H29FN2O2/c1-3-28-22(27)23(16-19-6-4-8-21(24)15-19)9-12-26(13-10-23)18(2)14-20-7-5-11-25-17-20/h4-8,11,15,17-18H,3,9-10,12-14,16H2,1-2H3/t18-/m0/s1. The van der Waals surface area contributed by atoms with Gasteiger partial charge < -0.3 is 9.64 Å². The summed E-state index contributed by atoms with van der Waals surface area (Å²) in [5, 5.41) is 0. The third-order valence-corrected chi connectivity index (χ3v) is 5.77. The van der Waals surface area contributed by atoms with Crippen LogP contribution in [0.15, 0.2) is 48.8 Å². The normalized spacial score (nSPS) is 17.8. The van der Waals surface area contributed by atoms with Crippen LogP contribution >= 0.6 is 0 Å². The number of hydrogen-bond acceptors (Lipinski definition) is 4. The Morgan fingerprint density at radius 2 is 2.00 bits per heavy atom. The number of benzene rings is 1. The lowest BCUT2D eigenvalue weighted by Crippen LogP contribution is -2.49. The highest BCUT2D eigenvalue weighted by atomic mass is 19.1. The van der Waals surface area contributed by atoms with Crippen LogP contribution in [0.2, 0.25) is 0 Å². The largest absolute Gasteiger partial charge is 0.466 e. The van der Waals surface area contributed by atoms with E-state index in [0.717, 1.165) is 37.9 Å². The Morgan fingerprint density at radius 1 is 1.25 bits per heavy atom. The minimum atomic E-state index is -0.575. The van der Waals surface area contributed by atoms with Gasteiger partial charge in [0.1, 0.15) is 5.82 Å². The highest BCUT2D eigenvalue weighted by Gasteiger charge is 2.43. The second kappa shape index (κ2) is 9.28. The van der Waals surface area contributed by atoms with Gasteiger partial charge in [-0.25, -0.2) is 4.39 Å². The van der Waals surface area contributed by atoms with E-state index in [2.05, 4.69) is 22.9 Å². The van der Waals surface area contributed by atoms with Crippen molar-refractivity contribution in [3.8, 4) is 0 Å². The third-order valence-electron chi connectivity index (χ3n) is 5.77. The van der Waals surface area contributed by atoms with Crippen molar-refractivity contribution in [3.63, 3.8) is 0 Å². The fourth-order valence-electron chi connectivity index (χ4n) is 4.16. The number of rotatable bonds is 7. The van der Waals surface area contributed by atoms with Gasteiger partial charge in [-0.2, -0.15) is 0 Å². The van der Waals surface area contributed by atoms with Crippen LogP contribution in [-0.2, 0) is 22.4 Å². The summed E-state index contributed by atoms with van der Waals surface area (Å²) in [5.74, 6) is -0.419. The van der Waals surface area contributed by atoms with E-state index >= 15 is 0 Å². The van der Waals surface area contributed by atoms with E-state index in [4.69, 9.17) is 4.74 Å². The Bertz CT molecular complexity index is 773. The number of nitrogens with zero attached hydrogens (tertiary/aromatic N) is 2. The Kier molecular flexibility index (Phi) is 6.79. The topological polar surface area (TPSA) is 42.4 Å². The number of hydrogen-bond donors (Lipinski definition) is 0. The van der Waals surface area contributed by atoms with E-state index in [-0.39, 0.29) is 11.8 Å². The molecule has 1 fully saturated rings. The monoisotopic (exact) mass is 384 g/mol. The number of carbonyl (C=O) groups is 1. The van der Waals surface area contributed by atoms with Crippen molar-refractivity contribution in [2.24, 2.45) is 5.41 Å². The van der Waals surface area contributed by atoms with E-state index in [1.54, 1.807) is 12.3 Å². The first kappa shape index (κ1) is 20.5. The predicted molar refractivity (Wildman–Crippen MR) is 107 cm³/mol. The average molecular weight is 384 g/mol. The molecule has 2 heterocycles. The van der Waals surface area contributed by atoms with E-state index in [0.29, 0.717) is 19.1 Å². The molecule has 1 saturated heterocycles. The lowest BCUT2D eigenvalue weighted by atomic mass is 9.73. The number of pyridine rings is 1. The van der Waals surface area contributed by atoms with Crippen molar-refractivity contribution >= 4 is 5.97 Å². The Balaban J connectivity index is 1.69. The summed E-state index contributed by atoms with van der Waals surface area (Å²) in [7, 11) is 0. The number of halogens is 1. The van der Waals surface area contributed by atoms with Crippen molar-refractivity contribution < 1.29 is 13.9 Å². The summed E-state index contributed by atoms with van der Waals surface area (Å²) in [6.07, 6.45) is 6.60. The fraction of sp³-hybridized carbons (Fsp3) is 0.478. The number of likely N-dealkylation sites (tertiary alicyclic amines) is 1.